The molecule has 1 aliphatic heterocycles. The number of hydrogen-bond donors (Lipinski definition) is 1. The molecule has 2 amide bonds. The first-order chi connectivity index (χ1) is 11.3. The third-order valence-corrected chi connectivity index (χ3v) is 5.76. The molecule has 8 heteroatoms. The molecule has 7 nitrogen and oxygen atoms in total. The van der Waals surface area contributed by atoms with Crippen LogP contribution in [0.4, 0.5) is 5.69 Å². The van der Waals surface area contributed by atoms with Crippen molar-refractivity contribution in [3.05, 3.63) is 24.3 Å². The minimum atomic E-state index is -3.07. The van der Waals surface area contributed by atoms with Crippen molar-refractivity contribution in [3.8, 4) is 5.75 Å². The minimum absolute atomic E-state index is 0.0212. The SMILES string of the molecule is COc1ccc(NC(=O)CCN(C(C)=O)C2CCS(=O)(=O)C2)cc1. The van der Waals surface area contributed by atoms with E-state index in [1.165, 1.54) is 11.8 Å². The van der Waals surface area contributed by atoms with Crippen LogP contribution in [0.2, 0.25) is 0 Å². The maximum atomic E-state index is 12.0. The quantitative estimate of drug-likeness (QED) is 0.824. The van der Waals surface area contributed by atoms with Crippen LogP contribution >= 0.6 is 0 Å². The third-order valence-electron chi connectivity index (χ3n) is 4.01. The van der Waals surface area contributed by atoms with Gasteiger partial charge in [0, 0.05) is 31.6 Å². The zero-order valence-electron chi connectivity index (χ0n) is 13.8. The second-order valence-corrected chi connectivity index (χ2v) is 8.02. The molecule has 0 aliphatic carbocycles. The molecule has 0 bridgehead atoms. The van der Waals surface area contributed by atoms with E-state index in [9.17, 15) is 18.0 Å². The summed E-state index contributed by atoms with van der Waals surface area (Å²) in [5.74, 6) is 0.325. The Bertz CT molecular complexity index is 700. The van der Waals surface area contributed by atoms with Gasteiger partial charge in [0.1, 0.15) is 5.75 Å². The molecule has 1 aliphatic rings. The van der Waals surface area contributed by atoms with Gasteiger partial charge in [-0.1, -0.05) is 0 Å². The number of amides is 2. The summed E-state index contributed by atoms with van der Waals surface area (Å²) in [4.78, 5) is 25.3. The van der Waals surface area contributed by atoms with Crippen LogP contribution in [0.3, 0.4) is 0 Å². The normalized spacial score (nSPS) is 18.8. The summed E-state index contributed by atoms with van der Waals surface area (Å²) < 4.78 is 28.2. The van der Waals surface area contributed by atoms with Gasteiger partial charge in [0.05, 0.1) is 18.6 Å². The van der Waals surface area contributed by atoms with Crippen LogP contribution in [-0.2, 0) is 19.4 Å². The summed E-state index contributed by atoms with van der Waals surface area (Å²) in [5.41, 5.74) is 0.638. The van der Waals surface area contributed by atoms with Crippen molar-refractivity contribution >= 4 is 27.3 Å². The molecule has 1 unspecified atom stereocenters. The first-order valence-electron chi connectivity index (χ1n) is 7.72. The van der Waals surface area contributed by atoms with Gasteiger partial charge in [-0.15, -0.1) is 0 Å². The highest BCUT2D eigenvalue weighted by atomic mass is 32.2. The van der Waals surface area contributed by atoms with Gasteiger partial charge < -0.3 is 15.0 Å². The van der Waals surface area contributed by atoms with E-state index in [1.54, 1.807) is 31.4 Å². The highest BCUT2D eigenvalue weighted by molar-refractivity contribution is 7.91. The molecule has 1 fully saturated rings. The Morgan fingerprint density at radius 3 is 2.46 bits per heavy atom. The van der Waals surface area contributed by atoms with E-state index in [2.05, 4.69) is 5.32 Å². The van der Waals surface area contributed by atoms with Crippen LogP contribution in [0.15, 0.2) is 24.3 Å². The van der Waals surface area contributed by atoms with Crippen molar-refractivity contribution in [2.45, 2.75) is 25.8 Å². The maximum Gasteiger partial charge on any atom is 0.226 e. The second kappa shape index (κ2) is 7.65. The number of benzene rings is 1. The second-order valence-electron chi connectivity index (χ2n) is 5.80. The third kappa shape index (κ3) is 4.95. The predicted octanol–water partition coefficient (Wildman–Crippen LogP) is 1.06. The number of nitrogens with zero attached hydrogens (tertiary/aromatic N) is 1. The molecule has 1 aromatic rings. The number of hydrogen-bond acceptors (Lipinski definition) is 5. The smallest absolute Gasteiger partial charge is 0.226 e. The van der Waals surface area contributed by atoms with E-state index in [0.717, 1.165) is 0 Å². The summed E-state index contributed by atoms with van der Waals surface area (Å²) in [7, 11) is -1.51. The summed E-state index contributed by atoms with van der Waals surface area (Å²) in [6, 6.07) is 6.59. The molecule has 1 atom stereocenters. The van der Waals surface area contributed by atoms with Crippen LogP contribution in [0.1, 0.15) is 19.8 Å². The average molecular weight is 354 g/mol. The summed E-state index contributed by atoms with van der Waals surface area (Å²) in [6.45, 7) is 1.60. The van der Waals surface area contributed by atoms with Crippen LogP contribution in [-0.4, -0.2) is 56.3 Å². The van der Waals surface area contributed by atoms with E-state index < -0.39 is 9.84 Å². The monoisotopic (exact) mass is 354 g/mol. The lowest BCUT2D eigenvalue weighted by Crippen LogP contribution is -2.41. The first-order valence-corrected chi connectivity index (χ1v) is 9.54. The average Bonchev–Trinajstić information content (AvgIpc) is 2.87. The number of methoxy groups -OCH3 is 1. The van der Waals surface area contributed by atoms with Gasteiger partial charge in [-0.25, -0.2) is 8.42 Å². The molecule has 0 aromatic heterocycles. The molecule has 1 aromatic carbocycles. The lowest BCUT2D eigenvalue weighted by Gasteiger charge is -2.26. The number of carbonyl (C=O) groups is 2. The number of anilines is 1. The Balaban J connectivity index is 1.89. The van der Waals surface area contributed by atoms with Gasteiger partial charge in [-0.3, -0.25) is 9.59 Å². The van der Waals surface area contributed by atoms with Crippen molar-refractivity contribution in [1.82, 2.24) is 4.90 Å². The van der Waals surface area contributed by atoms with Gasteiger partial charge in [-0.2, -0.15) is 0 Å². The maximum absolute atomic E-state index is 12.0. The van der Waals surface area contributed by atoms with E-state index in [-0.39, 0.29) is 42.3 Å². The number of nitrogens with one attached hydrogen (secondary N) is 1. The van der Waals surface area contributed by atoms with E-state index in [4.69, 9.17) is 4.74 Å². The molecular weight excluding hydrogens is 332 g/mol. The van der Waals surface area contributed by atoms with E-state index in [0.29, 0.717) is 17.9 Å². The fourth-order valence-corrected chi connectivity index (χ4v) is 4.47. The Morgan fingerprint density at radius 2 is 1.96 bits per heavy atom. The van der Waals surface area contributed by atoms with Gasteiger partial charge in [0.15, 0.2) is 9.84 Å². The molecule has 0 spiro atoms. The molecular formula is C16H22N2O5S. The fraction of sp³-hybridized carbons (Fsp3) is 0.500. The summed E-state index contributed by atoms with van der Waals surface area (Å²) in [6.07, 6.45) is 0.546. The van der Waals surface area contributed by atoms with Crippen molar-refractivity contribution in [2.24, 2.45) is 0 Å². The Morgan fingerprint density at radius 1 is 1.29 bits per heavy atom. The topological polar surface area (TPSA) is 92.8 Å². The van der Waals surface area contributed by atoms with Gasteiger partial charge >= 0.3 is 0 Å². The van der Waals surface area contributed by atoms with Crippen molar-refractivity contribution in [2.75, 3.05) is 30.5 Å². The molecule has 1 N–H and O–H groups in total. The lowest BCUT2D eigenvalue weighted by molar-refractivity contribution is -0.131. The zero-order valence-corrected chi connectivity index (χ0v) is 14.6. The minimum Gasteiger partial charge on any atom is -0.497 e. The highest BCUT2D eigenvalue weighted by Gasteiger charge is 2.33. The first kappa shape index (κ1) is 18.3. The number of ether oxygens (including phenoxy) is 1. The molecule has 132 valence electrons. The van der Waals surface area contributed by atoms with Crippen molar-refractivity contribution in [3.63, 3.8) is 0 Å². The highest BCUT2D eigenvalue weighted by Crippen LogP contribution is 2.19. The zero-order chi connectivity index (χ0) is 17.7. The van der Waals surface area contributed by atoms with Crippen LogP contribution < -0.4 is 10.1 Å². The molecule has 24 heavy (non-hydrogen) atoms. The number of sulfone groups is 1. The molecule has 1 saturated heterocycles. The van der Waals surface area contributed by atoms with Gasteiger partial charge in [-0.05, 0) is 30.7 Å². The fourth-order valence-electron chi connectivity index (χ4n) is 2.74. The molecule has 0 radical (unpaired) electrons. The van der Waals surface area contributed by atoms with Gasteiger partial charge in [0.25, 0.3) is 0 Å². The Kier molecular flexibility index (Phi) is 5.82. The molecule has 0 saturated carbocycles. The molecule has 2 rings (SSSR count). The Hall–Kier alpha value is -2.09. The lowest BCUT2D eigenvalue weighted by atomic mass is 10.2. The van der Waals surface area contributed by atoms with Crippen LogP contribution in [0.5, 0.6) is 5.75 Å². The molecule has 1 heterocycles. The summed E-state index contributed by atoms with van der Waals surface area (Å²) >= 11 is 0. The van der Waals surface area contributed by atoms with Crippen molar-refractivity contribution < 1.29 is 22.7 Å². The largest absolute Gasteiger partial charge is 0.497 e. The van der Waals surface area contributed by atoms with Crippen molar-refractivity contribution in [1.29, 1.82) is 0 Å². The Labute approximate surface area is 141 Å². The number of rotatable bonds is 6. The predicted molar refractivity (Wildman–Crippen MR) is 90.7 cm³/mol. The standard InChI is InChI=1S/C16H22N2O5S/c1-12(19)18(14-8-10-24(21,22)11-14)9-7-16(20)17-13-3-5-15(23-2)6-4-13/h3-6,14H,7-11H2,1-2H3,(H,17,20). The van der Waals surface area contributed by atoms with Crippen LogP contribution in [0, 0.1) is 0 Å². The summed E-state index contributed by atoms with van der Waals surface area (Å²) in [5, 5.41) is 2.74. The number of carbonyl (C=O) groups excluding carboxylic acids is 2. The van der Waals surface area contributed by atoms with Crippen LogP contribution in [0.25, 0.3) is 0 Å². The van der Waals surface area contributed by atoms with Gasteiger partial charge in [0.2, 0.25) is 11.8 Å². The van der Waals surface area contributed by atoms with E-state index >= 15 is 0 Å². The van der Waals surface area contributed by atoms with E-state index in [1.807, 2.05) is 0 Å².